The Bertz CT molecular complexity index is 928. The van der Waals surface area contributed by atoms with E-state index in [1.807, 2.05) is 56.4 Å². The number of hydrogen-bond acceptors (Lipinski definition) is 3. The van der Waals surface area contributed by atoms with Crippen molar-refractivity contribution in [1.29, 1.82) is 0 Å². The van der Waals surface area contributed by atoms with Gasteiger partial charge >= 0.3 is 0 Å². The Kier molecular flexibility index (Phi) is 4.95. The van der Waals surface area contributed by atoms with Crippen molar-refractivity contribution in [3.05, 3.63) is 71.6 Å². The molecule has 0 saturated heterocycles. The van der Waals surface area contributed by atoms with E-state index in [1.54, 1.807) is 17.0 Å². The molecule has 128 valence electrons. The number of aryl methyl sites for hydroxylation is 1. The topological polar surface area (TPSA) is 67.2 Å². The third kappa shape index (κ3) is 3.95. The second-order valence-electron chi connectivity index (χ2n) is 6.01. The Morgan fingerprint density at radius 2 is 2.04 bits per heavy atom. The van der Waals surface area contributed by atoms with Crippen LogP contribution in [0.2, 0.25) is 0 Å². The molecule has 0 aliphatic heterocycles. The third-order valence-corrected chi connectivity index (χ3v) is 4.32. The number of rotatable bonds is 5. The molecule has 2 N–H and O–H groups in total. The molecule has 1 atom stereocenters. The van der Waals surface area contributed by atoms with Crippen LogP contribution in [0.5, 0.6) is 0 Å². The maximum absolute atomic E-state index is 11.9. The molecule has 0 aliphatic rings. The van der Waals surface area contributed by atoms with Gasteiger partial charge in [-0.2, -0.15) is 5.10 Å². The SMILES string of the molecule is Cc1c(/C=C/C(=O)NCC(O)c2ccc3ccccc3c2)cnn1C. The molecule has 2 aromatic carbocycles. The number of hydrogen-bond donors (Lipinski definition) is 2. The van der Waals surface area contributed by atoms with Crippen LogP contribution in [-0.4, -0.2) is 27.3 Å². The largest absolute Gasteiger partial charge is 0.387 e. The average Bonchev–Trinajstić information content (AvgIpc) is 2.96. The zero-order valence-electron chi connectivity index (χ0n) is 14.3. The first-order valence-electron chi connectivity index (χ1n) is 8.16. The molecular formula is C20H21N3O2. The number of aliphatic hydroxyl groups is 1. The van der Waals surface area contributed by atoms with Crippen molar-refractivity contribution in [2.24, 2.45) is 7.05 Å². The Balaban J connectivity index is 1.60. The van der Waals surface area contributed by atoms with Crippen LogP contribution in [0, 0.1) is 6.92 Å². The van der Waals surface area contributed by atoms with Gasteiger partial charge in [-0.05, 0) is 35.4 Å². The van der Waals surface area contributed by atoms with Crippen LogP contribution < -0.4 is 5.32 Å². The molecule has 5 heteroatoms. The highest BCUT2D eigenvalue weighted by molar-refractivity contribution is 5.91. The summed E-state index contributed by atoms with van der Waals surface area (Å²) < 4.78 is 1.75. The molecule has 1 heterocycles. The molecule has 3 rings (SSSR count). The molecular weight excluding hydrogens is 314 g/mol. The fourth-order valence-corrected chi connectivity index (χ4v) is 2.63. The van der Waals surface area contributed by atoms with E-state index in [0.717, 1.165) is 27.6 Å². The van der Waals surface area contributed by atoms with Crippen molar-refractivity contribution >= 4 is 22.8 Å². The van der Waals surface area contributed by atoms with Gasteiger partial charge in [0.2, 0.25) is 5.91 Å². The lowest BCUT2D eigenvalue weighted by Crippen LogP contribution is -2.26. The minimum atomic E-state index is -0.748. The number of benzene rings is 2. The fraction of sp³-hybridized carbons (Fsp3) is 0.200. The van der Waals surface area contributed by atoms with Crippen molar-refractivity contribution in [3.63, 3.8) is 0 Å². The summed E-state index contributed by atoms with van der Waals surface area (Å²) >= 11 is 0. The highest BCUT2D eigenvalue weighted by Crippen LogP contribution is 2.20. The summed E-state index contributed by atoms with van der Waals surface area (Å²) in [6.45, 7) is 2.10. The number of aliphatic hydroxyl groups excluding tert-OH is 1. The third-order valence-electron chi connectivity index (χ3n) is 4.32. The van der Waals surface area contributed by atoms with Gasteiger partial charge in [0.05, 0.1) is 12.3 Å². The monoisotopic (exact) mass is 335 g/mol. The highest BCUT2D eigenvalue weighted by Gasteiger charge is 2.09. The summed E-state index contributed by atoms with van der Waals surface area (Å²) in [6, 6.07) is 13.8. The van der Waals surface area contributed by atoms with Crippen LogP contribution in [0.4, 0.5) is 0 Å². The van der Waals surface area contributed by atoms with E-state index in [9.17, 15) is 9.90 Å². The molecule has 1 amide bonds. The number of carbonyl (C=O) groups excluding carboxylic acids is 1. The minimum Gasteiger partial charge on any atom is -0.387 e. The molecule has 0 fully saturated rings. The van der Waals surface area contributed by atoms with E-state index in [1.165, 1.54) is 6.08 Å². The van der Waals surface area contributed by atoms with Gasteiger partial charge in [0.1, 0.15) is 0 Å². The second-order valence-corrected chi connectivity index (χ2v) is 6.01. The molecule has 1 aromatic heterocycles. The van der Waals surface area contributed by atoms with Crippen LogP contribution in [-0.2, 0) is 11.8 Å². The van der Waals surface area contributed by atoms with E-state index in [4.69, 9.17) is 0 Å². The quantitative estimate of drug-likeness (QED) is 0.705. The fourth-order valence-electron chi connectivity index (χ4n) is 2.63. The molecule has 0 spiro atoms. The summed E-state index contributed by atoms with van der Waals surface area (Å²) in [5, 5.41) is 19.3. The van der Waals surface area contributed by atoms with Crippen LogP contribution in [0.15, 0.2) is 54.7 Å². The van der Waals surface area contributed by atoms with Crippen LogP contribution >= 0.6 is 0 Å². The molecule has 0 saturated carbocycles. The molecule has 0 bridgehead atoms. The number of carbonyl (C=O) groups is 1. The van der Waals surface area contributed by atoms with Crippen molar-refractivity contribution in [1.82, 2.24) is 15.1 Å². The van der Waals surface area contributed by atoms with Crippen molar-refractivity contribution in [2.75, 3.05) is 6.54 Å². The van der Waals surface area contributed by atoms with E-state index < -0.39 is 6.10 Å². The van der Waals surface area contributed by atoms with Crippen LogP contribution in [0.25, 0.3) is 16.8 Å². The Morgan fingerprint density at radius 3 is 2.76 bits per heavy atom. The van der Waals surface area contributed by atoms with Gasteiger partial charge in [-0.15, -0.1) is 0 Å². The van der Waals surface area contributed by atoms with Crippen LogP contribution in [0.3, 0.4) is 0 Å². The van der Waals surface area contributed by atoms with Gasteiger partial charge in [-0.25, -0.2) is 0 Å². The average molecular weight is 335 g/mol. The lowest BCUT2D eigenvalue weighted by atomic mass is 10.0. The molecule has 1 unspecified atom stereocenters. The predicted octanol–water partition coefficient (Wildman–Crippen LogP) is 2.74. The van der Waals surface area contributed by atoms with Crippen molar-refractivity contribution in [2.45, 2.75) is 13.0 Å². The predicted molar refractivity (Wildman–Crippen MR) is 98.9 cm³/mol. The number of amides is 1. The molecule has 25 heavy (non-hydrogen) atoms. The maximum Gasteiger partial charge on any atom is 0.244 e. The minimum absolute atomic E-state index is 0.160. The number of nitrogens with one attached hydrogen (secondary N) is 1. The Labute approximate surface area is 146 Å². The second kappa shape index (κ2) is 7.32. The first kappa shape index (κ1) is 16.9. The van der Waals surface area contributed by atoms with E-state index in [-0.39, 0.29) is 12.5 Å². The molecule has 3 aromatic rings. The van der Waals surface area contributed by atoms with Gasteiger partial charge < -0.3 is 10.4 Å². The van der Waals surface area contributed by atoms with Gasteiger partial charge in [0, 0.05) is 30.9 Å². The van der Waals surface area contributed by atoms with E-state index in [2.05, 4.69) is 10.4 Å². The lowest BCUT2D eigenvalue weighted by Gasteiger charge is -2.12. The van der Waals surface area contributed by atoms with E-state index in [0.29, 0.717) is 0 Å². The standard InChI is InChI=1S/C20H21N3O2/c1-14-18(12-22-23(14)2)9-10-20(25)21-13-19(24)17-8-7-15-5-3-4-6-16(15)11-17/h3-12,19,24H,13H2,1-2H3,(H,21,25)/b10-9+. The van der Waals surface area contributed by atoms with Gasteiger partial charge in [-0.3, -0.25) is 9.48 Å². The first-order chi connectivity index (χ1) is 12.0. The van der Waals surface area contributed by atoms with Gasteiger partial charge in [0.25, 0.3) is 0 Å². The maximum atomic E-state index is 11.9. The summed E-state index contributed by atoms with van der Waals surface area (Å²) in [5.41, 5.74) is 2.67. The van der Waals surface area contributed by atoms with Gasteiger partial charge in [0.15, 0.2) is 0 Å². The Hall–Kier alpha value is -2.92. The normalized spacial score (nSPS) is 12.6. The zero-order chi connectivity index (χ0) is 17.8. The summed E-state index contributed by atoms with van der Waals surface area (Å²) in [6.07, 6.45) is 4.14. The lowest BCUT2D eigenvalue weighted by molar-refractivity contribution is -0.116. The summed E-state index contributed by atoms with van der Waals surface area (Å²) in [7, 11) is 1.85. The summed E-state index contributed by atoms with van der Waals surface area (Å²) in [5.74, 6) is -0.247. The first-order valence-corrected chi connectivity index (χ1v) is 8.16. The zero-order valence-corrected chi connectivity index (χ0v) is 14.3. The summed E-state index contributed by atoms with van der Waals surface area (Å²) in [4.78, 5) is 11.9. The highest BCUT2D eigenvalue weighted by atomic mass is 16.3. The van der Waals surface area contributed by atoms with Gasteiger partial charge in [-0.1, -0.05) is 36.4 Å². The number of aromatic nitrogens is 2. The number of nitrogens with zero attached hydrogens (tertiary/aromatic N) is 2. The smallest absolute Gasteiger partial charge is 0.244 e. The number of fused-ring (bicyclic) bond motifs is 1. The van der Waals surface area contributed by atoms with Crippen molar-refractivity contribution < 1.29 is 9.90 Å². The van der Waals surface area contributed by atoms with Crippen LogP contribution in [0.1, 0.15) is 22.9 Å². The Morgan fingerprint density at radius 1 is 1.28 bits per heavy atom. The van der Waals surface area contributed by atoms with Crippen molar-refractivity contribution in [3.8, 4) is 0 Å². The molecule has 0 aliphatic carbocycles. The van der Waals surface area contributed by atoms with E-state index >= 15 is 0 Å². The molecule has 0 radical (unpaired) electrons. The molecule has 5 nitrogen and oxygen atoms in total.